The Balaban J connectivity index is 1.63. The summed E-state index contributed by atoms with van der Waals surface area (Å²) in [6.45, 7) is 1.81. The number of nitrogens with zero attached hydrogens (tertiary/aromatic N) is 3. The lowest BCUT2D eigenvalue weighted by molar-refractivity contribution is -0.115. The molecule has 0 aliphatic rings. The molecule has 0 aliphatic carbocycles. The minimum Gasteiger partial charge on any atom is -0.301 e. The summed E-state index contributed by atoms with van der Waals surface area (Å²) in [5.41, 5.74) is 1.89. The Labute approximate surface area is 135 Å². The van der Waals surface area contributed by atoms with E-state index >= 15 is 0 Å². The van der Waals surface area contributed by atoms with Crippen molar-refractivity contribution >= 4 is 34.1 Å². The third-order valence-electron chi connectivity index (χ3n) is 2.85. The molecule has 0 saturated heterocycles. The molecule has 2 heterocycles. The lowest BCUT2D eigenvalue weighted by atomic mass is 10.2. The molecule has 0 saturated carbocycles. The largest absolute Gasteiger partial charge is 0.301 e. The second-order valence-corrected chi connectivity index (χ2v) is 6.63. The van der Waals surface area contributed by atoms with Gasteiger partial charge < -0.3 is 5.32 Å². The van der Waals surface area contributed by atoms with Crippen molar-refractivity contribution < 1.29 is 4.79 Å². The van der Waals surface area contributed by atoms with Gasteiger partial charge in [0.15, 0.2) is 10.3 Å². The number of benzene rings is 1. The molecule has 1 aromatic carbocycles. The van der Waals surface area contributed by atoms with E-state index in [1.807, 2.05) is 42.6 Å². The van der Waals surface area contributed by atoms with Crippen molar-refractivity contribution in [3.05, 3.63) is 42.0 Å². The van der Waals surface area contributed by atoms with Crippen LogP contribution in [0, 0.1) is 0 Å². The third-order valence-corrected chi connectivity index (χ3v) is 4.60. The number of aromatic nitrogens is 4. The normalized spacial score (nSPS) is 12.0. The summed E-state index contributed by atoms with van der Waals surface area (Å²) < 4.78 is 0. The molecule has 0 spiro atoms. The average molecular weight is 331 g/mol. The zero-order valence-corrected chi connectivity index (χ0v) is 13.3. The van der Waals surface area contributed by atoms with Crippen LogP contribution in [0.15, 0.2) is 47.2 Å². The van der Waals surface area contributed by atoms with Crippen LogP contribution >= 0.6 is 23.1 Å². The third kappa shape index (κ3) is 3.52. The number of thioether (sulfide) groups is 1. The standard InChI is InChI=1S/C14H13N5OS2/c1-9(22-13-15-8-16-19-13)12(20)18-14-17-11(7-21-14)10-5-3-2-4-6-10/h2-9H,1H3,(H,15,16,19)(H,17,18,20)/t9-/m0/s1. The van der Waals surface area contributed by atoms with E-state index in [-0.39, 0.29) is 11.2 Å². The Morgan fingerprint density at radius 3 is 2.91 bits per heavy atom. The van der Waals surface area contributed by atoms with Crippen LogP contribution in [0.5, 0.6) is 0 Å². The van der Waals surface area contributed by atoms with E-state index in [4.69, 9.17) is 0 Å². The van der Waals surface area contributed by atoms with Crippen LogP contribution in [0.4, 0.5) is 5.13 Å². The van der Waals surface area contributed by atoms with Crippen LogP contribution in [-0.4, -0.2) is 31.3 Å². The smallest absolute Gasteiger partial charge is 0.239 e. The average Bonchev–Trinajstić information content (AvgIpc) is 3.20. The molecule has 3 aromatic rings. The van der Waals surface area contributed by atoms with E-state index in [2.05, 4.69) is 25.5 Å². The number of rotatable bonds is 5. The number of anilines is 1. The number of nitrogens with one attached hydrogen (secondary N) is 2. The first kappa shape index (κ1) is 14.7. The first-order valence-corrected chi connectivity index (χ1v) is 8.32. The summed E-state index contributed by atoms with van der Waals surface area (Å²) in [5.74, 6) is -0.115. The van der Waals surface area contributed by atoms with Crippen LogP contribution < -0.4 is 5.32 Å². The number of hydrogen-bond donors (Lipinski definition) is 2. The van der Waals surface area contributed by atoms with Gasteiger partial charge in [0.25, 0.3) is 0 Å². The number of thiazole rings is 1. The van der Waals surface area contributed by atoms with Gasteiger partial charge in [-0.05, 0) is 6.92 Å². The number of carbonyl (C=O) groups is 1. The minimum absolute atomic E-state index is 0.115. The van der Waals surface area contributed by atoms with Crippen molar-refractivity contribution in [1.29, 1.82) is 0 Å². The van der Waals surface area contributed by atoms with Gasteiger partial charge in [-0.3, -0.25) is 9.89 Å². The minimum atomic E-state index is -0.294. The molecule has 0 bridgehead atoms. The Morgan fingerprint density at radius 1 is 1.36 bits per heavy atom. The number of aromatic amines is 1. The van der Waals surface area contributed by atoms with Gasteiger partial charge in [0.1, 0.15) is 6.33 Å². The molecule has 6 nitrogen and oxygen atoms in total. The van der Waals surface area contributed by atoms with E-state index in [9.17, 15) is 4.79 Å². The predicted octanol–water partition coefficient (Wildman–Crippen LogP) is 3.05. The molecule has 0 unspecified atom stereocenters. The molecule has 2 N–H and O–H groups in total. The van der Waals surface area contributed by atoms with Crippen molar-refractivity contribution in [2.75, 3.05) is 5.32 Å². The van der Waals surface area contributed by atoms with Crippen LogP contribution in [0.25, 0.3) is 11.3 Å². The zero-order chi connectivity index (χ0) is 15.4. The molecule has 1 amide bonds. The second-order valence-electron chi connectivity index (χ2n) is 4.44. The first-order valence-electron chi connectivity index (χ1n) is 6.56. The molecule has 0 fully saturated rings. The van der Waals surface area contributed by atoms with Gasteiger partial charge in [0, 0.05) is 10.9 Å². The van der Waals surface area contributed by atoms with Crippen LogP contribution in [0.2, 0.25) is 0 Å². The van der Waals surface area contributed by atoms with Gasteiger partial charge in [-0.25, -0.2) is 9.97 Å². The molecule has 8 heteroatoms. The maximum Gasteiger partial charge on any atom is 0.239 e. The van der Waals surface area contributed by atoms with Gasteiger partial charge in [0.05, 0.1) is 10.9 Å². The van der Waals surface area contributed by atoms with Crippen molar-refractivity contribution in [2.45, 2.75) is 17.3 Å². The summed E-state index contributed by atoms with van der Waals surface area (Å²) in [5, 5.41) is 12.2. The van der Waals surface area contributed by atoms with Crippen molar-refractivity contribution in [1.82, 2.24) is 20.2 Å². The van der Waals surface area contributed by atoms with Gasteiger partial charge in [-0.2, -0.15) is 5.10 Å². The summed E-state index contributed by atoms with van der Waals surface area (Å²) >= 11 is 2.73. The molecule has 22 heavy (non-hydrogen) atoms. The Morgan fingerprint density at radius 2 is 2.18 bits per heavy atom. The van der Waals surface area contributed by atoms with E-state index in [1.54, 1.807) is 0 Å². The van der Waals surface area contributed by atoms with Crippen molar-refractivity contribution in [2.24, 2.45) is 0 Å². The first-order chi connectivity index (χ1) is 10.7. The molecular weight excluding hydrogens is 318 g/mol. The van der Waals surface area contributed by atoms with Crippen molar-refractivity contribution in [3.63, 3.8) is 0 Å². The summed E-state index contributed by atoms with van der Waals surface area (Å²) in [7, 11) is 0. The zero-order valence-electron chi connectivity index (χ0n) is 11.7. The predicted molar refractivity (Wildman–Crippen MR) is 87.9 cm³/mol. The maximum atomic E-state index is 12.2. The number of H-pyrrole nitrogens is 1. The fraction of sp³-hybridized carbons (Fsp3) is 0.143. The molecule has 3 rings (SSSR count). The molecule has 112 valence electrons. The maximum absolute atomic E-state index is 12.2. The fourth-order valence-corrected chi connectivity index (χ4v) is 3.19. The SMILES string of the molecule is C[C@H](Sc1ncn[nH]1)C(=O)Nc1nc(-c2ccccc2)cs1. The lowest BCUT2D eigenvalue weighted by Crippen LogP contribution is -2.22. The van der Waals surface area contributed by atoms with Crippen LogP contribution in [0.3, 0.4) is 0 Å². The fourth-order valence-electron chi connectivity index (χ4n) is 1.75. The molecule has 0 radical (unpaired) electrons. The van der Waals surface area contributed by atoms with Crippen LogP contribution in [0.1, 0.15) is 6.92 Å². The molecule has 0 aliphatic heterocycles. The highest BCUT2D eigenvalue weighted by molar-refractivity contribution is 8.00. The molecule has 2 aromatic heterocycles. The second kappa shape index (κ2) is 6.71. The summed E-state index contributed by atoms with van der Waals surface area (Å²) in [6.07, 6.45) is 1.42. The highest BCUT2D eigenvalue weighted by Gasteiger charge is 2.17. The van der Waals surface area contributed by atoms with E-state index < -0.39 is 0 Å². The van der Waals surface area contributed by atoms with Gasteiger partial charge in [-0.15, -0.1) is 11.3 Å². The highest BCUT2D eigenvalue weighted by atomic mass is 32.2. The Hall–Kier alpha value is -2.19. The number of amides is 1. The van der Waals surface area contributed by atoms with Crippen molar-refractivity contribution in [3.8, 4) is 11.3 Å². The van der Waals surface area contributed by atoms with Gasteiger partial charge >= 0.3 is 0 Å². The van der Waals surface area contributed by atoms with Crippen LogP contribution in [-0.2, 0) is 4.79 Å². The monoisotopic (exact) mass is 331 g/mol. The Kier molecular flexibility index (Phi) is 4.50. The summed E-state index contributed by atoms with van der Waals surface area (Å²) in [6, 6.07) is 9.86. The highest BCUT2D eigenvalue weighted by Crippen LogP contribution is 2.26. The van der Waals surface area contributed by atoms with E-state index in [0.717, 1.165) is 11.3 Å². The van der Waals surface area contributed by atoms with E-state index in [0.29, 0.717) is 10.3 Å². The quantitative estimate of drug-likeness (QED) is 0.702. The lowest BCUT2D eigenvalue weighted by Gasteiger charge is -2.07. The summed E-state index contributed by atoms with van der Waals surface area (Å²) in [4.78, 5) is 20.6. The Bertz CT molecular complexity index is 742. The van der Waals surface area contributed by atoms with Gasteiger partial charge in [-0.1, -0.05) is 42.1 Å². The van der Waals surface area contributed by atoms with Gasteiger partial charge in [0.2, 0.25) is 5.91 Å². The molecule has 1 atom stereocenters. The van der Waals surface area contributed by atoms with E-state index in [1.165, 1.54) is 29.4 Å². The topological polar surface area (TPSA) is 83.6 Å². The molecular formula is C14H13N5OS2. The number of hydrogen-bond acceptors (Lipinski definition) is 6. The number of carbonyl (C=O) groups excluding carboxylic acids is 1.